The molecule has 1 heterocycles. The van der Waals surface area contributed by atoms with Crippen molar-refractivity contribution in [3.05, 3.63) is 60.2 Å². The molecule has 3 rings (SSSR count). The first-order valence-corrected chi connectivity index (χ1v) is 12.0. The highest BCUT2D eigenvalue weighted by Gasteiger charge is 2.24. The van der Waals surface area contributed by atoms with Crippen LogP contribution in [0.3, 0.4) is 0 Å². The molecule has 0 aliphatic carbocycles. The summed E-state index contributed by atoms with van der Waals surface area (Å²) in [5.74, 6) is -0.109. The van der Waals surface area contributed by atoms with E-state index in [4.69, 9.17) is 0 Å². The molecule has 2 amide bonds. The van der Waals surface area contributed by atoms with Gasteiger partial charge in [0, 0.05) is 25.1 Å². The Bertz CT molecular complexity index is 1100. The number of anilines is 1. The highest BCUT2D eigenvalue weighted by atomic mass is 32.2. The molecule has 1 aliphatic rings. The molecular weight excluding hydrogens is 428 g/mol. The fourth-order valence-corrected chi connectivity index (χ4v) is 4.46. The van der Waals surface area contributed by atoms with Crippen molar-refractivity contribution in [1.29, 1.82) is 0 Å². The monoisotopic (exact) mass is 456 g/mol. The third kappa shape index (κ3) is 6.40. The number of hydrogen-bond acceptors (Lipinski definition) is 5. The highest BCUT2D eigenvalue weighted by Crippen LogP contribution is 2.20. The zero-order valence-corrected chi connectivity index (χ0v) is 19.0. The quantitative estimate of drug-likeness (QED) is 0.566. The largest absolute Gasteiger partial charge is 0.341 e. The van der Waals surface area contributed by atoms with Crippen molar-refractivity contribution in [3.63, 3.8) is 0 Å². The van der Waals surface area contributed by atoms with Gasteiger partial charge in [-0.2, -0.15) is 0 Å². The van der Waals surface area contributed by atoms with Crippen molar-refractivity contribution in [2.24, 2.45) is 10.9 Å². The fourth-order valence-electron chi connectivity index (χ4n) is 3.33. The summed E-state index contributed by atoms with van der Waals surface area (Å²) in [7, 11) is -3.81. The van der Waals surface area contributed by atoms with Crippen LogP contribution in [-0.4, -0.2) is 32.6 Å². The van der Waals surface area contributed by atoms with E-state index in [1.807, 2.05) is 19.9 Å². The molecule has 2 aromatic carbocycles. The average molecular weight is 457 g/mol. The first kappa shape index (κ1) is 23.5. The molecule has 0 saturated heterocycles. The minimum absolute atomic E-state index is 0.0185. The van der Waals surface area contributed by atoms with E-state index in [0.717, 1.165) is 6.42 Å². The molecular formula is C23H28N4O4S. The third-order valence-corrected chi connectivity index (χ3v) is 6.21. The van der Waals surface area contributed by atoms with E-state index >= 15 is 0 Å². The first-order valence-electron chi connectivity index (χ1n) is 10.6. The van der Waals surface area contributed by atoms with Crippen LogP contribution in [-0.2, 0) is 19.6 Å². The number of aliphatic imine (C=N–C) groups is 1. The van der Waals surface area contributed by atoms with Crippen molar-refractivity contribution in [1.82, 2.24) is 10.0 Å². The van der Waals surface area contributed by atoms with Gasteiger partial charge in [-0.3, -0.25) is 19.3 Å². The predicted molar refractivity (Wildman–Crippen MR) is 124 cm³/mol. The van der Waals surface area contributed by atoms with Crippen LogP contribution in [0.5, 0.6) is 0 Å². The van der Waals surface area contributed by atoms with Gasteiger partial charge in [0.05, 0.1) is 4.90 Å². The number of nitrogens with one attached hydrogen (secondary N) is 3. The van der Waals surface area contributed by atoms with E-state index in [0.29, 0.717) is 36.5 Å². The van der Waals surface area contributed by atoms with Gasteiger partial charge in [0.15, 0.2) is 0 Å². The van der Waals surface area contributed by atoms with E-state index in [1.54, 1.807) is 36.4 Å². The van der Waals surface area contributed by atoms with Crippen LogP contribution in [0.1, 0.15) is 44.7 Å². The fraction of sp³-hybridized carbons (Fsp3) is 0.348. The molecule has 32 heavy (non-hydrogen) atoms. The van der Waals surface area contributed by atoms with Gasteiger partial charge in [-0.05, 0) is 36.1 Å². The van der Waals surface area contributed by atoms with Crippen LogP contribution in [0.25, 0.3) is 0 Å². The predicted octanol–water partition coefficient (Wildman–Crippen LogP) is 3.00. The zero-order chi connectivity index (χ0) is 23.1. The first-order chi connectivity index (χ1) is 15.2. The molecule has 0 aromatic heterocycles. The van der Waals surface area contributed by atoms with E-state index in [2.05, 4.69) is 20.3 Å². The Morgan fingerprint density at radius 3 is 2.47 bits per heavy atom. The summed E-state index contributed by atoms with van der Waals surface area (Å²) in [4.78, 5) is 29.6. The van der Waals surface area contributed by atoms with Crippen molar-refractivity contribution < 1.29 is 18.0 Å². The molecule has 0 saturated carbocycles. The van der Waals surface area contributed by atoms with Gasteiger partial charge in [-0.15, -0.1) is 0 Å². The lowest BCUT2D eigenvalue weighted by Crippen LogP contribution is -2.37. The minimum atomic E-state index is -3.81. The van der Waals surface area contributed by atoms with Crippen LogP contribution in [0.2, 0.25) is 0 Å². The number of carbonyl (C=O) groups excluding carboxylic acids is 2. The number of amides is 2. The maximum Gasteiger partial charge on any atom is 0.262 e. The van der Waals surface area contributed by atoms with Crippen molar-refractivity contribution in [2.45, 2.75) is 44.0 Å². The summed E-state index contributed by atoms with van der Waals surface area (Å²) in [5.41, 5.74) is 0.942. The number of hydrogen-bond donors (Lipinski definition) is 3. The number of nitrogens with zero attached hydrogens (tertiary/aromatic N) is 1. The Morgan fingerprint density at radius 2 is 1.81 bits per heavy atom. The molecule has 2 aromatic rings. The third-order valence-electron chi connectivity index (χ3n) is 4.83. The Hall–Kier alpha value is -3.20. The van der Waals surface area contributed by atoms with E-state index < -0.39 is 22.0 Å². The van der Waals surface area contributed by atoms with E-state index in [-0.39, 0.29) is 16.7 Å². The van der Waals surface area contributed by atoms with Crippen molar-refractivity contribution >= 4 is 33.4 Å². The number of carbonyl (C=O) groups is 2. The molecule has 0 spiro atoms. The summed E-state index contributed by atoms with van der Waals surface area (Å²) in [5, 5.41) is 5.51. The van der Waals surface area contributed by atoms with Gasteiger partial charge in [0.1, 0.15) is 11.9 Å². The second-order valence-corrected chi connectivity index (χ2v) is 9.75. The Labute approximate surface area is 188 Å². The lowest BCUT2D eigenvalue weighted by molar-refractivity contribution is -0.127. The van der Waals surface area contributed by atoms with Gasteiger partial charge in [0.25, 0.3) is 15.9 Å². The molecule has 1 atom stereocenters. The Morgan fingerprint density at radius 1 is 1.06 bits per heavy atom. The summed E-state index contributed by atoms with van der Waals surface area (Å²) < 4.78 is 27.8. The standard InChI is InChI=1S/C23H28N4O4S/c1-16(2)14-21(28)26-22(17-8-4-3-5-9-17)23(29)25-18-10-6-11-19(15-18)32(30,31)27-20-12-7-13-24-20/h3-6,8-11,15-16,22H,7,12-14H2,1-2H3,(H,24,27)(H,25,29)(H,26,28). The number of amidine groups is 1. The lowest BCUT2D eigenvalue weighted by Gasteiger charge is -2.20. The summed E-state index contributed by atoms with van der Waals surface area (Å²) in [6.45, 7) is 4.46. The number of benzene rings is 2. The maximum absolute atomic E-state index is 13.1. The van der Waals surface area contributed by atoms with Gasteiger partial charge in [-0.25, -0.2) is 8.42 Å². The van der Waals surface area contributed by atoms with Crippen LogP contribution in [0.4, 0.5) is 5.69 Å². The van der Waals surface area contributed by atoms with Crippen LogP contribution >= 0.6 is 0 Å². The van der Waals surface area contributed by atoms with Gasteiger partial charge >= 0.3 is 0 Å². The normalized spacial score (nSPS) is 14.5. The van der Waals surface area contributed by atoms with Crippen molar-refractivity contribution in [3.8, 4) is 0 Å². The smallest absolute Gasteiger partial charge is 0.262 e. The minimum Gasteiger partial charge on any atom is -0.341 e. The molecule has 3 N–H and O–H groups in total. The summed E-state index contributed by atoms with van der Waals surface area (Å²) >= 11 is 0. The summed E-state index contributed by atoms with van der Waals surface area (Å²) in [6, 6.07) is 14.0. The Kier molecular flexibility index (Phi) is 7.63. The maximum atomic E-state index is 13.1. The highest BCUT2D eigenvalue weighted by molar-refractivity contribution is 7.90. The van der Waals surface area contributed by atoms with Gasteiger partial charge in [0.2, 0.25) is 5.91 Å². The van der Waals surface area contributed by atoms with Crippen LogP contribution < -0.4 is 15.4 Å². The van der Waals surface area contributed by atoms with Crippen molar-refractivity contribution in [2.75, 3.05) is 11.9 Å². The molecule has 0 bridgehead atoms. The average Bonchev–Trinajstić information content (AvgIpc) is 3.24. The second kappa shape index (κ2) is 10.4. The van der Waals surface area contributed by atoms with Crippen LogP contribution in [0.15, 0.2) is 64.5 Å². The number of rotatable bonds is 8. The SMILES string of the molecule is CC(C)CC(=O)NC(C(=O)Nc1cccc(S(=O)(=O)NC2=NCCC2)c1)c1ccccc1. The topological polar surface area (TPSA) is 117 Å². The second-order valence-electron chi connectivity index (χ2n) is 8.06. The summed E-state index contributed by atoms with van der Waals surface area (Å²) in [6.07, 6.45) is 1.70. The molecule has 170 valence electrons. The van der Waals surface area contributed by atoms with E-state index in [1.165, 1.54) is 12.1 Å². The molecule has 9 heteroatoms. The number of sulfonamides is 1. The van der Waals surface area contributed by atoms with Gasteiger partial charge in [-0.1, -0.05) is 50.2 Å². The van der Waals surface area contributed by atoms with E-state index in [9.17, 15) is 18.0 Å². The molecule has 0 radical (unpaired) electrons. The molecule has 8 nitrogen and oxygen atoms in total. The van der Waals surface area contributed by atoms with Gasteiger partial charge < -0.3 is 10.6 Å². The zero-order valence-electron chi connectivity index (χ0n) is 18.2. The lowest BCUT2D eigenvalue weighted by atomic mass is 10.0. The Balaban J connectivity index is 1.78. The molecule has 1 aliphatic heterocycles. The van der Waals surface area contributed by atoms with Crippen LogP contribution in [0, 0.1) is 5.92 Å². The molecule has 1 unspecified atom stereocenters. The molecule has 0 fully saturated rings.